The molecule has 2 atom stereocenters. The fraction of sp³-hybridized carbons (Fsp3) is 0.130. The molecule has 1 aliphatic carbocycles. The molecule has 2 aromatic carbocycles. The van der Waals surface area contributed by atoms with Crippen LogP contribution in [0.1, 0.15) is 12.5 Å². The van der Waals surface area contributed by atoms with Gasteiger partial charge in [-0.2, -0.15) is 0 Å². The van der Waals surface area contributed by atoms with Crippen molar-refractivity contribution in [2.24, 2.45) is 5.92 Å². The highest BCUT2D eigenvalue weighted by atomic mass is 32.2. The first-order chi connectivity index (χ1) is 12.9. The second-order valence-electron chi connectivity index (χ2n) is 7.02. The topological polar surface area (TPSA) is 49.9 Å². The summed E-state index contributed by atoms with van der Waals surface area (Å²) in [5.41, 5.74) is 2.55. The number of rotatable bonds is 4. The fourth-order valence-electron chi connectivity index (χ4n) is 3.70. The van der Waals surface area contributed by atoms with Gasteiger partial charge in [0, 0.05) is 16.8 Å². The quantitative estimate of drug-likeness (QED) is 0.685. The van der Waals surface area contributed by atoms with Gasteiger partial charge >= 0.3 is 0 Å². The summed E-state index contributed by atoms with van der Waals surface area (Å²) in [5.74, 6) is -0.360. The summed E-state index contributed by atoms with van der Waals surface area (Å²) in [6.45, 7) is 6.00. The molecule has 0 saturated carbocycles. The number of aromatic amines is 1. The summed E-state index contributed by atoms with van der Waals surface area (Å²) in [6.07, 6.45) is 7.39. The molecule has 0 spiro atoms. The largest absolute Gasteiger partial charge is 0.346 e. The van der Waals surface area contributed by atoms with Gasteiger partial charge < -0.3 is 4.98 Å². The monoisotopic (exact) mass is 375 g/mol. The number of allylic oxidation sites excluding steroid dienone is 4. The summed E-state index contributed by atoms with van der Waals surface area (Å²) in [5, 5.41) is 1.12. The van der Waals surface area contributed by atoms with E-state index in [4.69, 9.17) is 0 Å². The molecule has 136 valence electrons. The number of nitrogens with one attached hydrogen (secondary N) is 1. The third kappa shape index (κ3) is 2.77. The zero-order valence-corrected chi connectivity index (χ0v) is 15.9. The molecule has 1 aromatic heterocycles. The first-order valence-corrected chi connectivity index (χ1v) is 10.3. The maximum atomic E-state index is 13.7. The lowest BCUT2D eigenvalue weighted by Crippen LogP contribution is -2.42. The fourth-order valence-corrected chi connectivity index (χ4v) is 5.51. The van der Waals surface area contributed by atoms with Gasteiger partial charge in [-0.05, 0) is 30.2 Å². The Morgan fingerprint density at radius 2 is 1.74 bits per heavy atom. The maximum Gasteiger partial charge on any atom is 0.203 e. The smallest absolute Gasteiger partial charge is 0.203 e. The normalized spacial score (nSPS) is 22.2. The minimum Gasteiger partial charge on any atom is -0.346 e. The first-order valence-electron chi connectivity index (χ1n) is 8.86. The Morgan fingerprint density at radius 3 is 2.48 bits per heavy atom. The van der Waals surface area contributed by atoms with E-state index in [-0.39, 0.29) is 10.9 Å². The second-order valence-corrected chi connectivity index (χ2v) is 9.35. The maximum absolute atomic E-state index is 13.7. The Hall–Kier alpha value is -2.85. The van der Waals surface area contributed by atoms with Gasteiger partial charge in [0.2, 0.25) is 9.84 Å². The van der Waals surface area contributed by atoms with Crippen LogP contribution in [0.3, 0.4) is 0 Å². The van der Waals surface area contributed by atoms with Crippen LogP contribution in [-0.2, 0) is 9.84 Å². The molecule has 0 saturated heterocycles. The van der Waals surface area contributed by atoms with E-state index in [0.717, 1.165) is 22.0 Å². The number of aromatic nitrogens is 1. The Kier molecular flexibility index (Phi) is 4.16. The molecule has 1 N–H and O–H groups in total. The van der Waals surface area contributed by atoms with Crippen LogP contribution in [-0.4, -0.2) is 18.1 Å². The highest BCUT2D eigenvalue weighted by Crippen LogP contribution is 2.43. The highest BCUT2D eigenvalue weighted by molar-refractivity contribution is 7.93. The predicted octanol–water partition coefficient (Wildman–Crippen LogP) is 5.16. The average Bonchev–Trinajstić information content (AvgIpc) is 3.13. The van der Waals surface area contributed by atoms with Gasteiger partial charge in [-0.3, -0.25) is 0 Å². The van der Waals surface area contributed by atoms with Crippen molar-refractivity contribution >= 4 is 26.3 Å². The van der Waals surface area contributed by atoms with Crippen molar-refractivity contribution in [1.82, 2.24) is 4.98 Å². The summed E-state index contributed by atoms with van der Waals surface area (Å²) < 4.78 is 26.2. The summed E-state index contributed by atoms with van der Waals surface area (Å²) in [6, 6.07) is 19.0. The van der Waals surface area contributed by atoms with Gasteiger partial charge in [0.25, 0.3) is 0 Å². The van der Waals surface area contributed by atoms with E-state index < -0.39 is 14.6 Å². The molecule has 0 bridgehead atoms. The zero-order chi connectivity index (χ0) is 19.1. The summed E-state index contributed by atoms with van der Waals surface area (Å²) in [7, 11) is -3.68. The van der Waals surface area contributed by atoms with E-state index in [0.29, 0.717) is 0 Å². The molecule has 3 nitrogen and oxygen atoms in total. The number of hydrogen-bond donors (Lipinski definition) is 1. The number of para-hydroxylation sites is 1. The van der Waals surface area contributed by atoms with Crippen molar-refractivity contribution in [3.05, 3.63) is 97.1 Å². The molecule has 27 heavy (non-hydrogen) atoms. The third-order valence-corrected chi connectivity index (χ3v) is 7.70. The molecule has 1 heterocycles. The molecule has 0 amide bonds. The Labute approximate surface area is 159 Å². The number of fused-ring (bicyclic) bond motifs is 1. The lowest BCUT2D eigenvalue weighted by molar-refractivity contribution is 0.537. The van der Waals surface area contributed by atoms with E-state index in [1.165, 1.54) is 0 Å². The van der Waals surface area contributed by atoms with Crippen molar-refractivity contribution in [1.29, 1.82) is 0 Å². The van der Waals surface area contributed by atoms with Gasteiger partial charge in [-0.25, -0.2) is 8.42 Å². The van der Waals surface area contributed by atoms with Gasteiger partial charge in [0.1, 0.15) is 9.77 Å². The molecule has 0 radical (unpaired) electrons. The number of hydrogen-bond acceptors (Lipinski definition) is 2. The van der Waals surface area contributed by atoms with Crippen LogP contribution in [0.4, 0.5) is 0 Å². The van der Waals surface area contributed by atoms with E-state index in [1.807, 2.05) is 66.7 Å². The summed E-state index contributed by atoms with van der Waals surface area (Å²) in [4.78, 5) is 3.08. The van der Waals surface area contributed by atoms with Crippen LogP contribution in [0.2, 0.25) is 0 Å². The van der Waals surface area contributed by atoms with E-state index in [2.05, 4.69) is 11.6 Å². The van der Waals surface area contributed by atoms with Gasteiger partial charge in [0.05, 0.1) is 0 Å². The van der Waals surface area contributed by atoms with Crippen LogP contribution < -0.4 is 0 Å². The van der Waals surface area contributed by atoms with E-state index >= 15 is 0 Å². The minimum atomic E-state index is -3.68. The van der Waals surface area contributed by atoms with Crippen LogP contribution in [0.25, 0.3) is 16.5 Å². The molecule has 4 rings (SSSR count). The average molecular weight is 375 g/mol. The molecular formula is C23H21NO2S. The van der Waals surface area contributed by atoms with Crippen molar-refractivity contribution in [2.45, 2.75) is 16.7 Å². The predicted molar refractivity (Wildman–Crippen MR) is 111 cm³/mol. The number of H-pyrrole nitrogens is 1. The molecule has 4 heteroatoms. The lowest BCUT2D eigenvalue weighted by Gasteiger charge is -2.35. The van der Waals surface area contributed by atoms with Crippen LogP contribution >= 0.6 is 0 Å². The molecule has 0 fully saturated rings. The van der Waals surface area contributed by atoms with E-state index in [1.54, 1.807) is 25.1 Å². The molecule has 1 aliphatic rings. The van der Waals surface area contributed by atoms with Crippen LogP contribution in [0.15, 0.2) is 96.6 Å². The van der Waals surface area contributed by atoms with Crippen molar-refractivity contribution < 1.29 is 8.42 Å². The van der Waals surface area contributed by atoms with Crippen LogP contribution in [0.5, 0.6) is 0 Å². The first kappa shape index (κ1) is 17.6. The van der Waals surface area contributed by atoms with E-state index in [9.17, 15) is 8.42 Å². The van der Waals surface area contributed by atoms with Gasteiger partial charge in [-0.15, -0.1) is 0 Å². The minimum absolute atomic E-state index is 0.233. The molecular weight excluding hydrogens is 354 g/mol. The Morgan fingerprint density at radius 1 is 1.04 bits per heavy atom. The standard InChI is InChI=1S/C23H21NO2S/c1-17(18-10-4-3-5-11-18)20-13-8-9-15-23(20,2)27(25,26)22-16-19-12-6-7-14-21(19)24-22/h3-16,20,24H,1H2,2H3. The highest BCUT2D eigenvalue weighted by Gasteiger charge is 2.46. The van der Waals surface area contributed by atoms with Crippen molar-refractivity contribution in [2.75, 3.05) is 0 Å². The zero-order valence-electron chi connectivity index (χ0n) is 15.1. The SMILES string of the molecule is C=C(c1ccccc1)C1C=CC=CC1(C)S(=O)(=O)c1cc2ccccc2[nH]1. The second kappa shape index (κ2) is 6.39. The van der Waals surface area contributed by atoms with Crippen LogP contribution in [0, 0.1) is 5.92 Å². The Bertz CT molecular complexity index is 1140. The third-order valence-electron chi connectivity index (χ3n) is 5.35. The van der Waals surface area contributed by atoms with Crippen molar-refractivity contribution in [3.63, 3.8) is 0 Å². The number of benzene rings is 2. The summed E-state index contributed by atoms with van der Waals surface area (Å²) >= 11 is 0. The Balaban J connectivity index is 1.82. The molecule has 2 unspecified atom stereocenters. The molecule has 3 aromatic rings. The van der Waals surface area contributed by atoms with Crippen molar-refractivity contribution in [3.8, 4) is 0 Å². The number of sulfone groups is 1. The van der Waals surface area contributed by atoms with Gasteiger partial charge in [0.15, 0.2) is 0 Å². The molecule has 0 aliphatic heterocycles. The van der Waals surface area contributed by atoms with Gasteiger partial charge in [-0.1, -0.05) is 79.4 Å². The lowest BCUT2D eigenvalue weighted by atomic mass is 9.81.